The summed E-state index contributed by atoms with van der Waals surface area (Å²) in [6.07, 6.45) is 1.53. The molecule has 5 amide bonds. The summed E-state index contributed by atoms with van der Waals surface area (Å²) in [4.78, 5) is 56.6. The molecule has 2 fully saturated rings. The molecule has 2 N–H and O–H groups in total. The Hall–Kier alpha value is -3.97. The zero-order valence-electron chi connectivity index (χ0n) is 23.0. The largest absolute Gasteiger partial charge is 0.445 e. The number of thiophene rings is 1. The van der Waals surface area contributed by atoms with E-state index in [-0.39, 0.29) is 50.4 Å². The SMILES string of the molecule is C=CCOC(=O)NCCC[C@H]1C(=O)N(CCc2cccs2)C[C@H]2N1C(=O)CN(C)N2C(=O)NCc1ccc(F)cc1. The summed E-state index contributed by atoms with van der Waals surface area (Å²) in [5.41, 5.74) is 0.723. The quantitative estimate of drug-likeness (QED) is 0.309. The molecule has 1 aromatic carbocycles. The lowest BCUT2D eigenvalue weighted by atomic mass is 10.0. The van der Waals surface area contributed by atoms with Crippen molar-refractivity contribution in [3.63, 3.8) is 0 Å². The van der Waals surface area contributed by atoms with Crippen molar-refractivity contribution in [1.82, 2.24) is 30.5 Å². The number of urea groups is 1. The molecular formula is C28H35FN6O5S. The highest BCUT2D eigenvalue weighted by Crippen LogP contribution is 2.28. The number of nitrogens with one attached hydrogen (secondary N) is 2. The van der Waals surface area contributed by atoms with Crippen molar-refractivity contribution >= 4 is 35.3 Å². The predicted octanol–water partition coefficient (Wildman–Crippen LogP) is 2.56. The lowest BCUT2D eigenvalue weighted by Gasteiger charge is -2.54. The number of rotatable bonds is 11. The number of likely N-dealkylation sites (N-methyl/N-ethyl adjacent to an activating group) is 1. The average Bonchev–Trinajstić information content (AvgIpc) is 3.47. The van der Waals surface area contributed by atoms with Crippen LogP contribution in [0.2, 0.25) is 0 Å². The number of benzene rings is 1. The van der Waals surface area contributed by atoms with Crippen molar-refractivity contribution in [3.8, 4) is 0 Å². The van der Waals surface area contributed by atoms with Gasteiger partial charge in [0.2, 0.25) is 11.8 Å². The van der Waals surface area contributed by atoms with Crippen LogP contribution in [0.5, 0.6) is 0 Å². The predicted molar refractivity (Wildman–Crippen MR) is 151 cm³/mol. The molecule has 2 saturated heterocycles. The Morgan fingerprint density at radius 1 is 1.20 bits per heavy atom. The van der Waals surface area contributed by atoms with E-state index < -0.39 is 24.3 Å². The summed E-state index contributed by atoms with van der Waals surface area (Å²) in [6, 6.07) is 8.57. The number of alkyl carbamates (subject to hydrolysis) is 1. The number of hydrazine groups is 1. The van der Waals surface area contributed by atoms with Crippen molar-refractivity contribution in [2.45, 2.75) is 38.0 Å². The van der Waals surface area contributed by atoms with E-state index in [1.54, 1.807) is 40.4 Å². The van der Waals surface area contributed by atoms with E-state index in [1.807, 2.05) is 17.5 Å². The number of hydrogen-bond donors (Lipinski definition) is 2. The van der Waals surface area contributed by atoms with Crippen LogP contribution >= 0.6 is 11.3 Å². The Bertz CT molecular complexity index is 1230. The molecule has 0 radical (unpaired) electrons. The second kappa shape index (κ2) is 14.1. The van der Waals surface area contributed by atoms with Crippen LogP contribution in [0.1, 0.15) is 23.3 Å². The number of nitrogens with zero attached hydrogens (tertiary/aromatic N) is 4. The fourth-order valence-electron chi connectivity index (χ4n) is 5.02. The van der Waals surface area contributed by atoms with E-state index in [9.17, 15) is 23.6 Å². The van der Waals surface area contributed by atoms with Gasteiger partial charge in [-0.2, -0.15) is 0 Å². The summed E-state index contributed by atoms with van der Waals surface area (Å²) in [5, 5.41) is 10.5. The molecule has 2 aromatic rings. The van der Waals surface area contributed by atoms with Gasteiger partial charge in [-0.25, -0.2) is 24.0 Å². The molecule has 0 spiro atoms. The Morgan fingerprint density at radius 2 is 1.98 bits per heavy atom. The Morgan fingerprint density at radius 3 is 2.68 bits per heavy atom. The highest BCUT2D eigenvalue weighted by atomic mass is 32.1. The van der Waals surface area contributed by atoms with Gasteiger partial charge in [-0.15, -0.1) is 11.3 Å². The van der Waals surface area contributed by atoms with E-state index >= 15 is 0 Å². The molecule has 4 rings (SSSR count). The van der Waals surface area contributed by atoms with Crippen LogP contribution in [0, 0.1) is 5.82 Å². The van der Waals surface area contributed by atoms with Crippen LogP contribution in [0.3, 0.4) is 0 Å². The molecule has 41 heavy (non-hydrogen) atoms. The summed E-state index contributed by atoms with van der Waals surface area (Å²) < 4.78 is 18.2. The third-order valence-electron chi connectivity index (χ3n) is 6.97. The summed E-state index contributed by atoms with van der Waals surface area (Å²) in [7, 11) is 1.66. The lowest BCUT2D eigenvalue weighted by Crippen LogP contribution is -2.76. The fourth-order valence-corrected chi connectivity index (χ4v) is 5.71. The third kappa shape index (κ3) is 7.61. The maximum Gasteiger partial charge on any atom is 0.407 e. The Kier molecular flexibility index (Phi) is 10.3. The molecular weight excluding hydrogens is 551 g/mol. The minimum atomic E-state index is -0.795. The van der Waals surface area contributed by atoms with Gasteiger partial charge in [0.1, 0.15) is 24.6 Å². The van der Waals surface area contributed by atoms with Gasteiger partial charge in [-0.1, -0.05) is 30.9 Å². The van der Waals surface area contributed by atoms with Crippen LogP contribution < -0.4 is 10.6 Å². The van der Waals surface area contributed by atoms with Crippen LogP contribution in [-0.2, 0) is 27.3 Å². The van der Waals surface area contributed by atoms with Crippen molar-refractivity contribution in [2.75, 3.05) is 39.8 Å². The van der Waals surface area contributed by atoms with E-state index in [2.05, 4.69) is 17.2 Å². The molecule has 0 saturated carbocycles. The van der Waals surface area contributed by atoms with Gasteiger partial charge >= 0.3 is 12.1 Å². The van der Waals surface area contributed by atoms with Gasteiger partial charge in [-0.05, 0) is 48.4 Å². The van der Waals surface area contributed by atoms with Crippen molar-refractivity contribution in [1.29, 1.82) is 0 Å². The number of hydrogen-bond acceptors (Lipinski definition) is 7. The van der Waals surface area contributed by atoms with Gasteiger partial charge in [0, 0.05) is 31.6 Å². The molecule has 0 aliphatic carbocycles. The van der Waals surface area contributed by atoms with Gasteiger partial charge in [-0.3, -0.25) is 9.59 Å². The fraction of sp³-hybridized carbons (Fsp3) is 0.429. The molecule has 2 atom stereocenters. The van der Waals surface area contributed by atoms with Crippen LogP contribution in [0.25, 0.3) is 0 Å². The van der Waals surface area contributed by atoms with Gasteiger partial charge < -0.3 is 25.2 Å². The molecule has 2 aliphatic rings. The molecule has 13 heteroatoms. The first-order valence-corrected chi connectivity index (χ1v) is 14.3. The molecule has 2 aliphatic heterocycles. The molecule has 220 valence electrons. The van der Waals surface area contributed by atoms with E-state index in [0.29, 0.717) is 25.8 Å². The summed E-state index contributed by atoms with van der Waals surface area (Å²) in [5.74, 6) is -0.805. The maximum atomic E-state index is 13.7. The molecule has 1 aromatic heterocycles. The maximum absolute atomic E-state index is 13.7. The van der Waals surface area contributed by atoms with Gasteiger partial charge in [0.25, 0.3) is 0 Å². The highest BCUT2D eigenvalue weighted by molar-refractivity contribution is 7.09. The minimum absolute atomic E-state index is 0.0778. The van der Waals surface area contributed by atoms with Crippen LogP contribution in [0.4, 0.5) is 14.0 Å². The molecule has 11 nitrogen and oxygen atoms in total. The monoisotopic (exact) mass is 586 g/mol. The van der Waals surface area contributed by atoms with Crippen molar-refractivity contribution in [3.05, 3.63) is 70.7 Å². The topological polar surface area (TPSA) is 115 Å². The minimum Gasteiger partial charge on any atom is -0.445 e. The van der Waals surface area contributed by atoms with Gasteiger partial charge in [0.15, 0.2) is 0 Å². The second-order valence-electron chi connectivity index (χ2n) is 9.81. The second-order valence-corrected chi connectivity index (χ2v) is 10.8. The average molecular weight is 587 g/mol. The zero-order chi connectivity index (χ0) is 29.4. The van der Waals surface area contributed by atoms with Crippen LogP contribution in [0.15, 0.2) is 54.4 Å². The number of carbonyl (C=O) groups excluding carboxylic acids is 4. The van der Waals surface area contributed by atoms with Crippen molar-refractivity contribution < 1.29 is 28.3 Å². The third-order valence-corrected chi connectivity index (χ3v) is 7.90. The van der Waals surface area contributed by atoms with E-state index in [0.717, 1.165) is 10.4 Å². The Balaban J connectivity index is 1.50. The first-order chi connectivity index (χ1) is 19.8. The molecule has 3 heterocycles. The van der Waals surface area contributed by atoms with Crippen LogP contribution in [-0.4, -0.2) is 95.8 Å². The zero-order valence-corrected chi connectivity index (χ0v) is 23.8. The number of amides is 5. The highest BCUT2D eigenvalue weighted by Gasteiger charge is 2.50. The number of piperazine rings is 1. The van der Waals surface area contributed by atoms with Gasteiger partial charge in [0.05, 0.1) is 13.1 Å². The molecule has 0 bridgehead atoms. The van der Waals surface area contributed by atoms with E-state index in [1.165, 1.54) is 28.1 Å². The summed E-state index contributed by atoms with van der Waals surface area (Å²) >= 11 is 1.61. The number of fused-ring (bicyclic) bond motifs is 1. The van der Waals surface area contributed by atoms with E-state index in [4.69, 9.17) is 4.74 Å². The Labute approximate surface area is 242 Å². The first-order valence-electron chi connectivity index (χ1n) is 13.4. The van der Waals surface area contributed by atoms with Crippen molar-refractivity contribution in [2.24, 2.45) is 0 Å². The lowest BCUT2D eigenvalue weighted by molar-refractivity contribution is -0.187. The number of carbonyl (C=O) groups is 4. The standard InChI is InChI=1S/C28H35FN6O5S/c1-3-15-40-28(39)30-13-4-7-23-26(37)33(14-12-22-6-5-16-41-22)18-24-34(23)25(36)19-32(2)35(24)27(38)31-17-20-8-10-21(29)11-9-20/h3,5-6,8-11,16,23-24H,1,4,7,12-15,17-19H2,2H3,(H,30,39)(H,31,38)/t23-,24-/m0/s1. The first kappa shape index (κ1) is 30.0. The molecule has 0 unspecified atom stereocenters. The normalized spacial score (nSPS) is 19.1. The smallest absolute Gasteiger partial charge is 0.407 e. The summed E-state index contributed by atoms with van der Waals surface area (Å²) in [6.45, 7) is 4.53. The number of halogens is 1. The number of ether oxygens (including phenoxy) is 1.